The van der Waals surface area contributed by atoms with Gasteiger partial charge in [0.15, 0.2) is 19.8 Å². The van der Waals surface area contributed by atoms with Crippen LogP contribution in [-0.4, -0.2) is 81.4 Å². The molecule has 3 aromatic rings. The molecule has 3 aliphatic rings. The maximum absolute atomic E-state index is 10.1. The average molecular weight is 631 g/mol. The zero-order chi connectivity index (χ0) is 30.9. The number of imidazole rings is 1. The Morgan fingerprint density at radius 2 is 1.86 bits per heavy atom. The van der Waals surface area contributed by atoms with E-state index in [9.17, 15) is 5.11 Å². The van der Waals surface area contributed by atoms with Gasteiger partial charge in [-0.05, 0) is 38.0 Å². The van der Waals surface area contributed by atoms with Crippen LogP contribution in [0.2, 0.25) is 23.2 Å². The van der Waals surface area contributed by atoms with Gasteiger partial charge in [-0.2, -0.15) is 5.10 Å². The number of pyridine rings is 1. The van der Waals surface area contributed by atoms with E-state index in [1.165, 1.54) is 0 Å². The van der Waals surface area contributed by atoms with Gasteiger partial charge in [0, 0.05) is 18.3 Å². The van der Waals surface area contributed by atoms with E-state index in [1.807, 2.05) is 12.3 Å². The van der Waals surface area contributed by atoms with Crippen molar-refractivity contribution in [1.29, 1.82) is 0 Å². The molecule has 0 amide bonds. The fourth-order valence-electron chi connectivity index (χ4n) is 5.74. The summed E-state index contributed by atoms with van der Waals surface area (Å²) < 4.78 is 27.2. The van der Waals surface area contributed by atoms with E-state index < -0.39 is 20.0 Å². The Balaban J connectivity index is 1.14. The monoisotopic (exact) mass is 630 g/mol. The van der Waals surface area contributed by atoms with Gasteiger partial charge in [-0.15, -0.1) is 6.58 Å². The summed E-state index contributed by atoms with van der Waals surface area (Å²) in [5.41, 5.74) is 2.47. The first-order valence-corrected chi connectivity index (χ1v) is 18.2. The molecule has 0 spiro atoms. The van der Waals surface area contributed by atoms with E-state index in [0.717, 1.165) is 11.3 Å². The van der Waals surface area contributed by atoms with E-state index in [0.29, 0.717) is 60.7 Å². The number of aromatic nitrogens is 5. The van der Waals surface area contributed by atoms with Gasteiger partial charge in [0.2, 0.25) is 0 Å². The Hall–Kier alpha value is -2.32. The van der Waals surface area contributed by atoms with Crippen LogP contribution in [0.1, 0.15) is 57.8 Å². The molecule has 2 saturated heterocycles. The highest BCUT2D eigenvalue weighted by Crippen LogP contribution is 2.41. The van der Waals surface area contributed by atoms with Crippen molar-refractivity contribution < 1.29 is 23.7 Å². The summed E-state index contributed by atoms with van der Waals surface area (Å²) >= 11 is 6.72. The maximum atomic E-state index is 10.1. The second-order valence-corrected chi connectivity index (χ2v) is 19.3. The standard InChI is InChI=1S/C30H43ClN6O5Si/c1-9-21(41-22-14-39-25-23(15-40-24(22)25)42-43(7,8)29(2,3)4)27-32-19-10-18(31)28(34-26(19)33-27)36-11-17-12-37(16-30(5,6)38)35-20(17)13-36/h9-10,12,21-25,38H,1,11,13-16H2,2-8H3,(H,32,33,34)/t21?,22-,23-,24-,25-/m1/s1. The number of aromatic amines is 1. The highest BCUT2D eigenvalue weighted by molar-refractivity contribution is 6.74. The molecule has 13 heteroatoms. The summed E-state index contributed by atoms with van der Waals surface area (Å²) in [6.45, 7) is 21.3. The Morgan fingerprint density at radius 1 is 1.16 bits per heavy atom. The number of fused-ring (bicyclic) bond motifs is 3. The molecule has 0 aliphatic carbocycles. The highest BCUT2D eigenvalue weighted by Gasteiger charge is 2.52. The zero-order valence-corrected chi connectivity index (χ0v) is 27.8. The molecule has 0 radical (unpaired) electrons. The van der Waals surface area contributed by atoms with Crippen LogP contribution in [0.15, 0.2) is 24.9 Å². The van der Waals surface area contributed by atoms with Gasteiger partial charge < -0.3 is 33.6 Å². The molecule has 0 saturated carbocycles. The molecule has 11 nitrogen and oxygen atoms in total. The van der Waals surface area contributed by atoms with Crippen molar-refractivity contribution >= 4 is 36.9 Å². The number of rotatable bonds is 9. The molecular formula is C30H43ClN6O5Si. The topological polar surface area (TPSA) is 120 Å². The first-order valence-electron chi connectivity index (χ1n) is 14.9. The van der Waals surface area contributed by atoms with E-state index in [2.05, 4.69) is 55.4 Å². The number of hydrogen-bond donors (Lipinski definition) is 2. The molecule has 3 aromatic heterocycles. The van der Waals surface area contributed by atoms with Crippen LogP contribution in [0.4, 0.5) is 5.82 Å². The molecule has 0 aromatic carbocycles. The van der Waals surface area contributed by atoms with Crippen molar-refractivity contribution in [2.75, 3.05) is 18.1 Å². The third-order valence-electron chi connectivity index (χ3n) is 8.92. The number of anilines is 1. The van der Waals surface area contributed by atoms with E-state index in [4.69, 9.17) is 40.2 Å². The summed E-state index contributed by atoms with van der Waals surface area (Å²) in [7, 11) is -1.97. The van der Waals surface area contributed by atoms with Crippen LogP contribution in [0.25, 0.3) is 11.2 Å². The van der Waals surface area contributed by atoms with Gasteiger partial charge in [0.1, 0.15) is 30.2 Å². The third kappa shape index (κ3) is 6.03. The second-order valence-electron chi connectivity index (χ2n) is 14.1. The Bertz CT molecular complexity index is 1490. The van der Waals surface area contributed by atoms with Crippen molar-refractivity contribution in [3.05, 3.63) is 47.0 Å². The number of H-pyrrole nitrogens is 1. The van der Waals surface area contributed by atoms with Crippen molar-refractivity contribution in [3.63, 3.8) is 0 Å². The quantitative estimate of drug-likeness (QED) is 0.251. The lowest BCUT2D eigenvalue weighted by molar-refractivity contribution is -0.0602. The number of aliphatic hydroxyl groups is 1. The number of halogens is 1. The fraction of sp³-hybridized carbons (Fsp3) is 0.633. The lowest BCUT2D eigenvalue weighted by atomic mass is 10.1. The van der Waals surface area contributed by atoms with Crippen LogP contribution in [-0.2, 0) is 38.3 Å². The molecule has 6 rings (SSSR count). The number of hydrogen-bond acceptors (Lipinski definition) is 9. The minimum Gasteiger partial charge on any atom is -0.409 e. The van der Waals surface area contributed by atoms with Gasteiger partial charge in [-0.3, -0.25) is 4.68 Å². The first kappa shape index (κ1) is 30.7. The molecule has 3 aliphatic heterocycles. The maximum Gasteiger partial charge on any atom is 0.192 e. The molecule has 5 atom stereocenters. The summed E-state index contributed by atoms with van der Waals surface area (Å²) in [5, 5.41) is 15.4. The molecule has 2 N–H and O–H groups in total. The highest BCUT2D eigenvalue weighted by atomic mass is 35.5. The summed E-state index contributed by atoms with van der Waals surface area (Å²) in [6, 6.07) is 1.85. The van der Waals surface area contributed by atoms with Crippen LogP contribution >= 0.6 is 11.6 Å². The molecule has 1 unspecified atom stereocenters. The minimum absolute atomic E-state index is 0.101. The summed E-state index contributed by atoms with van der Waals surface area (Å²) in [6.07, 6.45) is 2.42. The van der Waals surface area contributed by atoms with Crippen LogP contribution in [0, 0.1) is 0 Å². The number of nitrogens with one attached hydrogen (secondary N) is 1. The lowest BCUT2D eigenvalue weighted by Crippen LogP contribution is -2.47. The van der Waals surface area contributed by atoms with E-state index in [-0.39, 0.29) is 29.5 Å². The minimum atomic E-state index is -1.97. The summed E-state index contributed by atoms with van der Waals surface area (Å²) in [4.78, 5) is 15.0. The number of nitrogens with zero attached hydrogens (tertiary/aromatic N) is 5. The van der Waals surface area contributed by atoms with Crippen molar-refractivity contribution in [2.24, 2.45) is 0 Å². The predicted octanol–water partition coefficient (Wildman–Crippen LogP) is 4.90. The molecular weight excluding hydrogens is 588 g/mol. The van der Waals surface area contributed by atoms with Gasteiger partial charge in [0.05, 0.1) is 54.2 Å². The Kier molecular flexibility index (Phi) is 7.80. The fourth-order valence-corrected chi connectivity index (χ4v) is 7.33. The largest absolute Gasteiger partial charge is 0.409 e. The average Bonchev–Trinajstić information content (AvgIpc) is 3.68. The van der Waals surface area contributed by atoms with E-state index >= 15 is 0 Å². The van der Waals surface area contributed by atoms with Crippen LogP contribution in [0.5, 0.6) is 0 Å². The van der Waals surface area contributed by atoms with Gasteiger partial charge >= 0.3 is 0 Å². The van der Waals surface area contributed by atoms with Gasteiger partial charge in [-0.1, -0.05) is 38.4 Å². The Labute approximate surface area is 258 Å². The smallest absolute Gasteiger partial charge is 0.192 e. The van der Waals surface area contributed by atoms with Crippen molar-refractivity contribution in [2.45, 2.75) is 109 Å². The predicted molar refractivity (Wildman–Crippen MR) is 167 cm³/mol. The zero-order valence-electron chi connectivity index (χ0n) is 26.1. The van der Waals surface area contributed by atoms with Crippen molar-refractivity contribution in [1.82, 2.24) is 24.7 Å². The summed E-state index contributed by atoms with van der Waals surface area (Å²) in [5.74, 6) is 1.24. The first-order chi connectivity index (χ1) is 20.1. The molecule has 43 heavy (non-hydrogen) atoms. The van der Waals surface area contributed by atoms with Crippen molar-refractivity contribution in [3.8, 4) is 0 Å². The number of ether oxygens (including phenoxy) is 3. The van der Waals surface area contributed by atoms with Gasteiger partial charge in [0.25, 0.3) is 0 Å². The molecule has 234 valence electrons. The third-order valence-corrected chi connectivity index (χ3v) is 13.7. The van der Waals surface area contributed by atoms with Gasteiger partial charge in [-0.25, -0.2) is 9.97 Å². The Morgan fingerprint density at radius 3 is 2.51 bits per heavy atom. The molecule has 2 fully saturated rings. The lowest BCUT2D eigenvalue weighted by Gasteiger charge is -2.39. The van der Waals surface area contributed by atoms with Crippen LogP contribution in [0.3, 0.4) is 0 Å². The normalized spacial score (nSPS) is 25.0. The molecule has 6 heterocycles. The van der Waals surface area contributed by atoms with Crippen LogP contribution < -0.4 is 4.90 Å². The second kappa shape index (κ2) is 10.9. The molecule has 0 bridgehead atoms. The SMILES string of the molecule is C=CC(O[C@@H]1CO[C@H]2[C@@H]1OC[C@H]2O[Si](C)(C)C(C)(C)C)c1nc2nc(N3Cc4cn(CC(C)(C)O)nc4C3)c(Cl)cc2[nH]1. The van der Waals surface area contributed by atoms with E-state index in [1.54, 1.807) is 24.6 Å².